The predicted octanol–water partition coefficient (Wildman–Crippen LogP) is 1.64. The third-order valence-electron chi connectivity index (χ3n) is 4.19. The van der Waals surface area contributed by atoms with Gasteiger partial charge < -0.3 is 15.4 Å². The van der Waals surface area contributed by atoms with Gasteiger partial charge in [-0.25, -0.2) is 8.78 Å². The molecule has 0 bridgehead atoms. The van der Waals surface area contributed by atoms with Crippen LogP contribution in [0.4, 0.5) is 8.78 Å². The molecule has 1 amide bonds. The first-order chi connectivity index (χ1) is 10.6. The van der Waals surface area contributed by atoms with Crippen LogP contribution in [-0.4, -0.2) is 39.3 Å². The summed E-state index contributed by atoms with van der Waals surface area (Å²) in [5, 5.41) is 6.02. The molecule has 0 aliphatic carbocycles. The lowest BCUT2D eigenvalue weighted by molar-refractivity contribution is -0.136. The zero-order valence-electron chi connectivity index (χ0n) is 12.8. The summed E-state index contributed by atoms with van der Waals surface area (Å²) in [7, 11) is 1.58. The Morgan fingerprint density at radius 1 is 1.32 bits per heavy atom. The lowest BCUT2D eigenvalue weighted by Gasteiger charge is -2.35. The number of hydrogen-bond donors (Lipinski definition) is 2. The van der Waals surface area contributed by atoms with E-state index in [1.54, 1.807) is 7.11 Å². The number of methoxy groups -OCH3 is 1. The van der Waals surface area contributed by atoms with Gasteiger partial charge in [0.25, 0.3) is 0 Å². The van der Waals surface area contributed by atoms with Gasteiger partial charge in [-0.2, -0.15) is 0 Å². The van der Waals surface area contributed by atoms with Crippen LogP contribution in [0.5, 0.6) is 0 Å². The van der Waals surface area contributed by atoms with Crippen LogP contribution in [0.2, 0.25) is 0 Å². The van der Waals surface area contributed by atoms with Gasteiger partial charge in [-0.1, -0.05) is 6.07 Å². The monoisotopic (exact) mass is 312 g/mol. The molecule has 0 saturated carbocycles. The lowest BCUT2D eigenvalue weighted by Crippen LogP contribution is -2.50. The number of piperidine rings is 1. The van der Waals surface area contributed by atoms with Crippen LogP contribution < -0.4 is 10.6 Å². The van der Waals surface area contributed by atoms with Gasteiger partial charge in [-0.3, -0.25) is 4.79 Å². The summed E-state index contributed by atoms with van der Waals surface area (Å²) < 4.78 is 32.3. The molecule has 1 aliphatic rings. The summed E-state index contributed by atoms with van der Waals surface area (Å²) in [5.41, 5.74) is -0.540. The Morgan fingerprint density at radius 3 is 2.55 bits per heavy atom. The van der Waals surface area contributed by atoms with Gasteiger partial charge in [0.05, 0.1) is 12.0 Å². The fourth-order valence-electron chi connectivity index (χ4n) is 2.88. The van der Waals surface area contributed by atoms with Crippen molar-refractivity contribution in [2.45, 2.75) is 19.3 Å². The van der Waals surface area contributed by atoms with E-state index in [9.17, 15) is 13.6 Å². The van der Waals surface area contributed by atoms with Crippen LogP contribution in [0.3, 0.4) is 0 Å². The maximum atomic E-state index is 13.5. The molecule has 0 unspecified atom stereocenters. The number of halogens is 2. The van der Waals surface area contributed by atoms with Crippen LogP contribution in [0.1, 0.15) is 18.4 Å². The van der Waals surface area contributed by atoms with Crippen LogP contribution in [0.25, 0.3) is 0 Å². The highest BCUT2D eigenvalue weighted by Crippen LogP contribution is 2.29. The highest BCUT2D eigenvalue weighted by atomic mass is 19.1. The van der Waals surface area contributed by atoms with E-state index in [0.29, 0.717) is 19.4 Å². The Labute approximate surface area is 129 Å². The Kier molecular flexibility index (Phi) is 5.85. The number of amides is 1. The van der Waals surface area contributed by atoms with Gasteiger partial charge in [-0.15, -0.1) is 0 Å². The minimum absolute atomic E-state index is 0.00824. The van der Waals surface area contributed by atoms with Crippen LogP contribution >= 0.6 is 0 Å². The number of benzene rings is 1. The Hall–Kier alpha value is -1.53. The van der Waals surface area contributed by atoms with Crippen molar-refractivity contribution in [3.05, 3.63) is 35.4 Å². The maximum Gasteiger partial charge on any atom is 0.228 e. The van der Waals surface area contributed by atoms with Crippen molar-refractivity contribution in [2.24, 2.45) is 5.41 Å². The molecule has 0 aromatic heterocycles. The summed E-state index contributed by atoms with van der Waals surface area (Å²) in [6.07, 6.45) is 1.52. The second kappa shape index (κ2) is 7.65. The molecule has 2 N–H and O–H groups in total. The number of ether oxygens (including phenoxy) is 1. The van der Waals surface area contributed by atoms with E-state index in [2.05, 4.69) is 10.6 Å². The fraction of sp³-hybridized carbons (Fsp3) is 0.562. The van der Waals surface area contributed by atoms with Crippen molar-refractivity contribution in [2.75, 3.05) is 33.4 Å². The molecule has 22 heavy (non-hydrogen) atoms. The third kappa shape index (κ3) is 3.81. The van der Waals surface area contributed by atoms with Crippen molar-refractivity contribution >= 4 is 5.91 Å². The standard InChI is InChI=1S/C16H22F2N2O2/c1-22-11-16(6-9-19-10-7-16)15(21)20-8-5-12-13(17)3-2-4-14(12)18/h2-4,19H,5-11H2,1H3,(H,20,21). The quantitative estimate of drug-likeness (QED) is 0.839. The summed E-state index contributed by atoms with van der Waals surface area (Å²) in [5.74, 6) is -1.27. The van der Waals surface area contributed by atoms with Crippen molar-refractivity contribution in [1.82, 2.24) is 10.6 Å². The van der Waals surface area contributed by atoms with Crippen LogP contribution in [-0.2, 0) is 16.0 Å². The summed E-state index contributed by atoms with van der Waals surface area (Å²) in [4.78, 5) is 12.5. The van der Waals surface area contributed by atoms with Gasteiger partial charge >= 0.3 is 0 Å². The van der Waals surface area contributed by atoms with E-state index in [1.807, 2.05) is 0 Å². The van der Waals surface area contributed by atoms with E-state index >= 15 is 0 Å². The van der Waals surface area contributed by atoms with E-state index in [4.69, 9.17) is 4.74 Å². The number of carbonyl (C=O) groups is 1. The first-order valence-electron chi connectivity index (χ1n) is 7.50. The first kappa shape index (κ1) is 16.8. The molecule has 0 spiro atoms. The molecule has 122 valence electrons. The molecule has 2 rings (SSSR count). The average molecular weight is 312 g/mol. The molecule has 6 heteroatoms. The SMILES string of the molecule is COCC1(C(=O)NCCc2c(F)cccc2F)CCNCC1. The summed E-state index contributed by atoms with van der Waals surface area (Å²) in [6, 6.07) is 3.77. The van der Waals surface area contributed by atoms with Crippen molar-refractivity contribution in [1.29, 1.82) is 0 Å². The minimum Gasteiger partial charge on any atom is -0.384 e. The van der Waals surface area contributed by atoms with E-state index in [1.165, 1.54) is 18.2 Å². The van der Waals surface area contributed by atoms with Gasteiger partial charge in [0.2, 0.25) is 5.91 Å². The van der Waals surface area contributed by atoms with E-state index < -0.39 is 17.0 Å². The maximum absolute atomic E-state index is 13.5. The Bertz CT molecular complexity index is 491. The van der Waals surface area contributed by atoms with Crippen LogP contribution in [0.15, 0.2) is 18.2 Å². The normalized spacial score (nSPS) is 17.2. The molecule has 1 heterocycles. The largest absolute Gasteiger partial charge is 0.384 e. The van der Waals surface area contributed by atoms with Gasteiger partial charge in [0.1, 0.15) is 11.6 Å². The molecular formula is C16H22F2N2O2. The molecule has 0 radical (unpaired) electrons. The van der Waals surface area contributed by atoms with E-state index in [-0.39, 0.29) is 24.4 Å². The van der Waals surface area contributed by atoms with Gasteiger partial charge in [-0.05, 0) is 44.5 Å². The molecule has 1 aliphatic heterocycles. The highest BCUT2D eigenvalue weighted by Gasteiger charge is 2.39. The zero-order valence-corrected chi connectivity index (χ0v) is 12.8. The zero-order chi connectivity index (χ0) is 16.0. The predicted molar refractivity (Wildman–Crippen MR) is 79.5 cm³/mol. The summed E-state index contributed by atoms with van der Waals surface area (Å²) in [6.45, 7) is 2.08. The average Bonchev–Trinajstić information content (AvgIpc) is 2.51. The van der Waals surface area contributed by atoms with Crippen molar-refractivity contribution in [3.63, 3.8) is 0 Å². The van der Waals surface area contributed by atoms with Crippen molar-refractivity contribution < 1.29 is 18.3 Å². The van der Waals surface area contributed by atoms with Crippen molar-refractivity contribution in [3.8, 4) is 0 Å². The fourth-order valence-corrected chi connectivity index (χ4v) is 2.88. The molecule has 0 atom stereocenters. The lowest BCUT2D eigenvalue weighted by atomic mass is 9.78. The highest BCUT2D eigenvalue weighted by molar-refractivity contribution is 5.83. The van der Waals surface area contributed by atoms with Crippen LogP contribution in [0, 0.1) is 17.0 Å². The Morgan fingerprint density at radius 2 is 1.95 bits per heavy atom. The second-order valence-corrected chi connectivity index (χ2v) is 5.67. The number of hydrogen-bond acceptors (Lipinski definition) is 3. The second-order valence-electron chi connectivity index (χ2n) is 5.67. The third-order valence-corrected chi connectivity index (χ3v) is 4.19. The molecule has 1 aromatic carbocycles. The number of nitrogens with one attached hydrogen (secondary N) is 2. The molecule has 1 fully saturated rings. The number of carbonyl (C=O) groups excluding carboxylic acids is 1. The first-order valence-corrected chi connectivity index (χ1v) is 7.50. The Balaban J connectivity index is 1.94. The van der Waals surface area contributed by atoms with Gasteiger partial charge in [0.15, 0.2) is 0 Å². The van der Waals surface area contributed by atoms with Gasteiger partial charge in [0, 0.05) is 19.2 Å². The topological polar surface area (TPSA) is 50.4 Å². The minimum atomic E-state index is -0.581. The molecule has 1 aromatic rings. The smallest absolute Gasteiger partial charge is 0.228 e. The molecule has 1 saturated heterocycles. The molecule has 4 nitrogen and oxygen atoms in total. The number of rotatable bonds is 6. The molecular weight excluding hydrogens is 290 g/mol. The summed E-state index contributed by atoms with van der Waals surface area (Å²) >= 11 is 0. The van der Waals surface area contributed by atoms with E-state index in [0.717, 1.165) is 13.1 Å².